The van der Waals surface area contributed by atoms with Crippen LogP contribution >= 0.6 is 0 Å². The Morgan fingerprint density at radius 3 is 0.943 bits per heavy atom. The van der Waals surface area contributed by atoms with Crippen LogP contribution in [0.1, 0.15) is 46.4 Å². The molecule has 3 saturated heterocycles. The van der Waals surface area contributed by atoms with Crippen molar-refractivity contribution in [2.45, 2.75) is 24.2 Å². The molecule has 7 rings (SSSR count). The lowest BCUT2D eigenvalue weighted by molar-refractivity contribution is -0.208. The van der Waals surface area contributed by atoms with Gasteiger partial charge >= 0.3 is 0 Å². The number of carbonyl (C=O) groups excluding carboxylic acids is 1. The molecular weight excluding hydrogens is 428 g/mol. The quantitative estimate of drug-likeness (QED) is 0.357. The first kappa shape index (κ1) is 20.8. The fraction of sp³-hybridized carbons (Fsp3) is 0.219. The Morgan fingerprint density at radius 1 is 0.429 bits per heavy atom. The fourth-order valence-corrected chi connectivity index (χ4v) is 6.89. The first-order valence-electron chi connectivity index (χ1n) is 12.6. The van der Waals surface area contributed by atoms with Gasteiger partial charge in [-0.15, -0.1) is 0 Å². The van der Waals surface area contributed by atoms with Crippen molar-refractivity contribution in [3.05, 3.63) is 144 Å². The van der Waals surface area contributed by atoms with Gasteiger partial charge in [0.25, 0.3) is 0 Å². The average Bonchev–Trinajstić information content (AvgIpc) is 2.88. The molecule has 4 atom stereocenters. The van der Waals surface area contributed by atoms with Crippen LogP contribution in [0.25, 0.3) is 0 Å². The van der Waals surface area contributed by atoms with E-state index in [0.29, 0.717) is 5.78 Å². The number of hydrogen-bond donors (Lipinski definition) is 0. The topological polar surface area (TPSA) is 23.6 Å². The fourth-order valence-electron chi connectivity index (χ4n) is 6.89. The van der Waals surface area contributed by atoms with Crippen LogP contribution in [-0.2, 0) is 4.79 Å². The molecule has 3 nitrogen and oxygen atoms in total. The Bertz CT molecular complexity index is 1130. The summed E-state index contributed by atoms with van der Waals surface area (Å²) in [4.78, 5) is 19.8. The normalized spacial score (nSPS) is 33.1. The standard InChI is InChI=1S/C32H28N2O/c35-32-26-28(22-13-5-1-6-14-22)33(29(26)23-15-7-2-8-16-23)21-34-30(24-17-9-3-10-18-24)27(32)31(34)25-19-11-4-12-20-25/h1-20,26-31H,21H2. The molecule has 0 saturated carbocycles. The maximum absolute atomic E-state index is 14.7. The minimum Gasteiger partial charge on any atom is -0.299 e. The van der Waals surface area contributed by atoms with Crippen LogP contribution in [0, 0.1) is 11.8 Å². The molecule has 4 aromatic rings. The number of Topliss-reactive ketones (excluding diaryl/α,β-unsaturated/α-hetero) is 1. The molecular formula is C32H28N2O. The highest BCUT2D eigenvalue weighted by molar-refractivity contribution is 5.89. The van der Waals surface area contributed by atoms with E-state index in [1.807, 2.05) is 0 Å². The molecule has 3 fully saturated rings. The molecule has 0 aliphatic carbocycles. The van der Waals surface area contributed by atoms with Gasteiger partial charge < -0.3 is 0 Å². The van der Waals surface area contributed by atoms with E-state index in [1.165, 1.54) is 22.3 Å². The molecule has 4 unspecified atom stereocenters. The van der Waals surface area contributed by atoms with Crippen molar-refractivity contribution in [1.82, 2.24) is 9.80 Å². The molecule has 0 spiro atoms. The SMILES string of the molecule is O=C1C2C(c3ccccc3)N(CN3C(c4ccccc4)C1C3c1ccccc1)C2c1ccccc1. The van der Waals surface area contributed by atoms with E-state index in [4.69, 9.17) is 0 Å². The highest BCUT2D eigenvalue weighted by Crippen LogP contribution is 2.63. The molecule has 35 heavy (non-hydrogen) atoms. The lowest BCUT2D eigenvalue weighted by Crippen LogP contribution is -2.69. The summed E-state index contributed by atoms with van der Waals surface area (Å²) < 4.78 is 0. The Hall–Kier alpha value is -3.53. The molecule has 3 heteroatoms. The molecule has 3 aliphatic heterocycles. The summed E-state index contributed by atoms with van der Waals surface area (Å²) in [6, 6.07) is 42.9. The molecule has 0 aromatic heterocycles. The third-order valence-corrected chi connectivity index (χ3v) is 8.34. The van der Waals surface area contributed by atoms with Gasteiger partial charge in [-0.3, -0.25) is 14.6 Å². The minimum atomic E-state index is -0.0512. The van der Waals surface area contributed by atoms with Gasteiger partial charge in [0.1, 0.15) is 5.78 Å². The van der Waals surface area contributed by atoms with Gasteiger partial charge in [-0.2, -0.15) is 0 Å². The number of benzene rings is 4. The highest BCUT2D eigenvalue weighted by atomic mass is 16.1. The lowest BCUT2D eigenvalue weighted by Gasteiger charge is -2.67. The van der Waals surface area contributed by atoms with Crippen molar-refractivity contribution in [2.24, 2.45) is 11.8 Å². The van der Waals surface area contributed by atoms with Crippen molar-refractivity contribution in [1.29, 1.82) is 0 Å². The summed E-state index contributed by atoms with van der Waals surface area (Å²) in [5.74, 6) is 0.303. The highest BCUT2D eigenvalue weighted by Gasteiger charge is 2.65. The Morgan fingerprint density at radius 2 is 0.686 bits per heavy atom. The zero-order chi connectivity index (χ0) is 23.4. The van der Waals surface area contributed by atoms with Gasteiger partial charge in [0.15, 0.2) is 0 Å². The second-order valence-corrected chi connectivity index (χ2v) is 10.0. The predicted octanol–water partition coefficient (Wildman–Crippen LogP) is 6.36. The zero-order valence-electron chi connectivity index (χ0n) is 19.5. The minimum absolute atomic E-state index is 0.0512. The molecule has 172 valence electrons. The smallest absolute Gasteiger partial charge is 0.146 e. The summed E-state index contributed by atoms with van der Waals surface area (Å²) in [5, 5.41) is 0. The number of nitrogens with zero attached hydrogens (tertiary/aromatic N) is 2. The third kappa shape index (κ3) is 3.16. The van der Waals surface area contributed by atoms with Gasteiger partial charge in [-0.1, -0.05) is 121 Å². The summed E-state index contributed by atoms with van der Waals surface area (Å²) in [6.45, 7) is 0.832. The third-order valence-electron chi connectivity index (χ3n) is 8.34. The van der Waals surface area contributed by atoms with Crippen LogP contribution in [0.2, 0.25) is 0 Å². The molecule has 3 heterocycles. The lowest BCUT2D eigenvalue weighted by atomic mass is 9.60. The van der Waals surface area contributed by atoms with Crippen LogP contribution in [0.5, 0.6) is 0 Å². The summed E-state index contributed by atoms with van der Waals surface area (Å²) in [6.07, 6.45) is 0. The van der Waals surface area contributed by atoms with E-state index in [0.717, 1.165) is 6.67 Å². The number of rotatable bonds is 4. The number of ketones is 1. The second kappa shape index (κ2) is 8.30. The van der Waals surface area contributed by atoms with Crippen LogP contribution in [0.4, 0.5) is 0 Å². The summed E-state index contributed by atoms with van der Waals surface area (Å²) in [5.41, 5.74) is 4.97. The van der Waals surface area contributed by atoms with Crippen molar-refractivity contribution < 1.29 is 4.79 Å². The van der Waals surface area contributed by atoms with Crippen LogP contribution < -0.4 is 0 Å². The first-order chi connectivity index (χ1) is 17.3. The van der Waals surface area contributed by atoms with Crippen LogP contribution in [0.15, 0.2) is 121 Å². The van der Waals surface area contributed by atoms with Gasteiger partial charge in [0, 0.05) is 24.2 Å². The van der Waals surface area contributed by atoms with Gasteiger partial charge in [0.05, 0.1) is 18.5 Å². The Labute approximate surface area is 206 Å². The molecule has 0 radical (unpaired) electrons. The second-order valence-electron chi connectivity index (χ2n) is 10.0. The van der Waals surface area contributed by atoms with E-state index in [2.05, 4.69) is 131 Å². The van der Waals surface area contributed by atoms with E-state index < -0.39 is 0 Å². The molecule has 0 amide bonds. The van der Waals surface area contributed by atoms with Crippen LogP contribution in [0.3, 0.4) is 0 Å². The van der Waals surface area contributed by atoms with Gasteiger partial charge in [-0.25, -0.2) is 0 Å². The van der Waals surface area contributed by atoms with E-state index in [9.17, 15) is 4.79 Å². The number of carbonyl (C=O) groups is 1. The summed E-state index contributed by atoms with van der Waals surface area (Å²) >= 11 is 0. The summed E-state index contributed by atoms with van der Waals surface area (Å²) in [7, 11) is 0. The molecule has 4 aromatic carbocycles. The maximum atomic E-state index is 14.7. The van der Waals surface area contributed by atoms with Crippen molar-refractivity contribution >= 4 is 5.78 Å². The van der Waals surface area contributed by atoms with E-state index in [-0.39, 0.29) is 36.0 Å². The number of fused-ring (bicyclic) bond motifs is 4. The van der Waals surface area contributed by atoms with Crippen molar-refractivity contribution in [3.8, 4) is 0 Å². The zero-order valence-corrected chi connectivity index (χ0v) is 19.5. The van der Waals surface area contributed by atoms with Gasteiger partial charge in [-0.05, 0) is 22.3 Å². The van der Waals surface area contributed by atoms with E-state index >= 15 is 0 Å². The van der Waals surface area contributed by atoms with Gasteiger partial charge in [0.2, 0.25) is 0 Å². The van der Waals surface area contributed by atoms with E-state index in [1.54, 1.807) is 0 Å². The molecule has 4 bridgehead atoms. The average molecular weight is 457 g/mol. The first-order valence-corrected chi connectivity index (χ1v) is 12.6. The predicted molar refractivity (Wildman–Crippen MR) is 137 cm³/mol. The largest absolute Gasteiger partial charge is 0.299 e. The van der Waals surface area contributed by atoms with Crippen molar-refractivity contribution in [3.63, 3.8) is 0 Å². The molecule has 3 aliphatic rings. The number of hydrogen-bond acceptors (Lipinski definition) is 3. The monoisotopic (exact) mass is 456 g/mol. The maximum Gasteiger partial charge on any atom is 0.146 e. The van der Waals surface area contributed by atoms with Crippen molar-refractivity contribution in [2.75, 3.05) is 6.67 Å². The Kier molecular flexibility index (Phi) is 4.93. The van der Waals surface area contributed by atoms with Crippen LogP contribution in [-0.4, -0.2) is 22.3 Å². The Balaban J connectivity index is 1.36. The molecule has 0 N–H and O–H groups in total.